The molecular weight excluding hydrogens is 202 g/mol. The molecule has 0 aromatic rings. The van der Waals surface area contributed by atoms with Crippen molar-refractivity contribution in [2.24, 2.45) is 5.41 Å². The van der Waals surface area contributed by atoms with Gasteiger partial charge >= 0.3 is 0 Å². The fraction of sp³-hybridized carbons (Fsp3) is 1.00. The zero-order chi connectivity index (χ0) is 11.3. The zero-order valence-corrected chi connectivity index (χ0v) is 10.5. The molecule has 16 heavy (non-hydrogen) atoms. The van der Waals surface area contributed by atoms with E-state index in [4.69, 9.17) is 9.47 Å². The number of methoxy groups -OCH3 is 1. The summed E-state index contributed by atoms with van der Waals surface area (Å²) in [6.07, 6.45) is 7.66. The highest BCUT2D eigenvalue weighted by atomic mass is 16.5. The molecule has 1 saturated carbocycles. The van der Waals surface area contributed by atoms with Crippen LogP contribution in [0.2, 0.25) is 0 Å². The highest BCUT2D eigenvalue weighted by Crippen LogP contribution is 2.48. The Hall–Kier alpha value is -0.120. The molecule has 0 amide bonds. The summed E-state index contributed by atoms with van der Waals surface area (Å²) >= 11 is 0. The first-order valence-electron chi connectivity index (χ1n) is 6.65. The Balaban J connectivity index is 1.65. The van der Waals surface area contributed by atoms with Gasteiger partial charge in [0.15, 0.2) is 0 Å². The molecule has 2 rings (SSSR count). The fourth-order valence-corrected chi connectivity index (χ4v) is 2.48. The van der Waals surface area contributed by atoms with E-state index in [0.29, 0.717) is 11.5 Å². The van der Waals surface area contributed by atoms with Gasteiger partial charge in [0.25, 0.3) is 0 Å². The van der Waals surface area contributed by atoms with E-state index in [1.54, 1.807) is 7.11 Å². The maximum absolute atomic E-state index is 5.48. The van der Waals surface area contributed by atoms with Crippen molar-refractivity contribution in [3.63, 3.8) is 0 Å². The van der Waals surface area contributed by atoms with Crippen molar-refractivity contribution in [2.45, 2.75) is 44.6 Å². The largest absolute Gasteiger partial charge is 0.385 e. The van der Waals surface area contributed by atoms with Crippen LogP contribution in [0.3, 0.4) is 0 Å². The van der Waals surface area contributed by atoms with Crippen LogP contribution < -0.4 is 5.32 Å². The van der Waals surface area contributed by atoms with E-state index in [1.165, 1.54) is 45.1 Å². The molecule has 1 unspecified atom stereocenters. The molecule has 2 fully saturated rings. The van der Waals surface area contributed by atoms with Gasteiger partial charge in [-0.05, 0) is 43.9 Å². The Bertz CT molecular complexity index is 196. The number of hydrogen-bond donors (Lipinski definition) is 1. The summed E-state index contributed by atoms with van der Waals surface area (Å²) < 4.78 is 10.7. The van der Waals surface area contributed by atoms with Crippen LogP contribution in [0.4, 0.5) is 0 Å². The molecule has 1 aliphatic carbocycles. The van der Waals surface area contributed by atoms with Crippen LogP contribution in [-0.2, 0) is 9.47 Å². The molecule has 0 aromatic carbocycles. The SMILES string of the molecule is COCCC1(CNC2CCCOCC2)CC1. The topological polar surface area (TPSA) is 30.5 Å². The summed E-state index contributed by atoms with van der Waals surface area (Å²) in [5.41, 5.74) is 0.573. The molecule has 3 nitrogen and oxygen atoms in total. The molecule has 3 heteroatoms. The third kappa shape index (κ3) is 3.72. The summed E-state index contributed by atoms with van der Waals surface area (Å²) in [6.45, 7) is 3.98. The molecule has 1 saturated heterocycles. The monoisotopic (exact) mass is 227 g/mol. The first-order valence-corrected chi connectivity index (χ1v) is 6.65. The van der Waals surface area contributed by atoms with E-state index in [-0.39, 0.29) is 0 Å². The molecule has 2 aliphatic rings. The lowest BCUT2D eigenvalue weighted by molar-refractivity contribution is 0.142. The highest BCUT2D eigenvalue weighted by molar-refractivity contribution is 4.95. The predicted octanol–water partition coefficient (Wildman–Crippen LogP) is 1.96. The third-order valence-electron chi connectivity index (χ3n) is 4.01. The van der Waals surface area contributed by atoms with Crippen LogP contribution >= 0.6 is 0 Å². The maximum Gasteiger partial charge on any atom is 0.0480 e. The van der Waals surface area contributed by atoms with Crippen molar-refractivity contribution in [3.05, 3.63) is 0 Å². The number of hydrogen-bond acceptors (Lipinski definition) is 3. The second-order valence-corrected chi connectivity index (χ2v) is 5.36. The molecule has 1 aliphatic heterocycles. The smallest absolute Gasteiger partial charge is 0.0480 e. The molecule has 0 aromatic heterocycles. The fourth-order valence-electron chi connectivity index (χ4n) is 2.48. The molecule has 0 bridgehead atoms. The molecular formula is C13H25NO2. The zero-order valence-electron chi connectivity index (χ0n) is 10.5. The Morgan fingerprint density at radius 2 is 2.19 bits per heavy atom. The number of rotatable bonds is 6. The van der Waals surface area contributed by atoms with Gasteiger partial charge in [-0.3, -0.25) is 0 Å². The molecule has 1 heterocycles. The van der Waals surface area contributed by atoms with Gasteiger partial charge in [-0.25, -0.2) is 0 Å². The van der Waals surface area contributed by atoms with Crippen LogP contribution in [-0.4, -0.2) is 39.5 Å². The standard InChI is InChI=1S/C13H25NO2/c1-15-10-7-13(5-6-13)11-14-12-3-2-8-16-9-4-12/h12,14H,2-11H2,1H3. The summed E-state index contributed by atoms with van der Waals surface area (Å²) in [4.78, 5) is 0. The normalized spacial score (nSPS) is 28.7. The van der Waals surface area contributed by atoms with Crippen LogP contribution in [0.5, 0.6) is 0 Å². The quantitative estimate of drug-likeness (QED) is 0.752. The summed E-state index contributed by atoms with van der Waals surface area (Å²) in [5, 5.41) is 3.74. The van der Waals surface area contributed by atoms with E-state index in [0.717, 1.165) is 19.8 Å². The Labute approximate surface area is 98.9 Å². The highest BCUT2D eigenvalue weighted by Gasteiger charge is 2.41. The van der Waals surface area contributed by atoms with Crippen molar-refractivity contribution in [2.75, 3.05) is 33.5 Å². The third-order valence-corrected chi connectivity index (χ3v) is 4.01. The number of nitrogens with one attached hydrogen (secondary N) is 1. The van der Waals surface area contributed by atoms with Crippen LogP contribution in [0, 0.1) is 5.41 Å². The van der Waals surface area contributed by atoms with Crippen molar-refractivity contribution >= 4 is 0 Å². The lowest BCUT2D eigenvalue weighted by Crippen LogP contribution is -2.34. The second-order valence-electron chi connectivity index (χ2n) is 5.36. The Morgan fingerprint density at radius 3 is 2.94 bits per heavy atom. The summed E-state index contributed by atoms with van der Waals surface area (Å²) in [6, 6.07) is 0.683. The van der Waals surface area contributed by atoms with Gasteiger partial charge in [-0.1, -0.05) is 0 Å². The van der Waals surface area contributed by atoms with Crippen molar-refractivity contribution in [3.8, 4) is 0 Å². The molecule has 0 radical (unpaired) electrons. The van der Waals surface area contributed by atoms with Crippen LogP contribution in [0.1, 0.15) is 38.5 Å². The van der Waals surface area contributed by atoms with E-state index in [2.05, 4.69) is 5.32 Å². The maximum atomic E-state index is 5.48. The first-order chi connectivity index (χ1) is 7.85. The van der Waals surface area contributed by atoms with E-state index in [1.807, 2.05) is 0 Å². The molecule has 94 valence electrons. The average molecular weight is 227 g/mol. The van der Waals surface area contributed by atoms with Crippen LogP contribution in [0.15, 0.2) is 0 Å². The molecule has 1 atom stereocenters. The van der Waals surface area contributed by atoms with Gasteiger partial charge in [-0.15, -0.1) is 0 Å². The minimum absolute atomic E-state index is 0.573. The van der Waals surface area contributed by atoms with Gasteiger partial charge in [-0.2, -0.15) is 0 Å². The van der Waals surface area contributed by atoms with Gasteiger partial charge in [0.05, 0.1) is 0 Å². The summed E-state index contributed by atoms with van der Waals surface area (Å²) in [7, 11) is 1.80. The van der Waals surface area contributed by atoms with Gasteiger partial charge in [0.2, 0.25) is 0 Å². The van der Waals surface area contributed by atoms with E-state index < -0.39 is 0 Å². The number of ether oxygens (including phenoxy) is 2. The lowest BCUT2D eigenvalue weighted by Gasteiger charge is -2.21. The van der Waals surface area contributed by atoms with Crippen molar-refractivity contribution in [1.82, 2.24) is 5.32 Å². The average Bonchev–Trinajstić information content (AvgIpc) is 3.10. The Morgan fingerprint density at radius 1 is 1.31 bits per heavy atom. The molecule has 0 spiro atoms. The second kappa shape index (κ2) is 5.99. The van der Waals surface area contributed by atoms with Gasteiger partial charge in [0.1, 0.15) is 0 Å². The van der Waals surface area contributed by atoms with Crippen molar-refractivity contribution < 1.29 is 9.47 Å². The lowest BCUT2D eigenvalue weighted by atomic mass is 10.0. The van der Waals surface area contributed by atoms with E-state index in [9.17, 15) is 0 Å². The minimum atomic E-state index is 0.573. The van der Waals surface area contributed by atoms with Gasteiger partial charge < -0.3 is 14.8 Å². The Kier molecular flexibility index (Phi) is 4.62. The van der Waals surface area contributed by atoms with E-state index >= 15 is 0 Å². The molecule has 1 N–H and O–H groups in total. The predicted molar refractivity (Wildman–Crippen MR) is 64.6 cm³/mol. The first kappa shape index (κ1) is 12.3. The minimum Gasteiger partial charge on any atom is -0.385 e. The van der Waals surface area contributed by atoms with Crippen LogP contribution in [0.25, 0.3) is 0 Å². The van der Waals surface area contributed by atoms with Crippen molar-refractivity contribution in [1.29, 1.82) is 0 Å². The summed E-state index contributed by atoms with van der Waals surface area (Å²) in [5.74, 6) is 0. The van der Waals surface area contributed by atoms with Gasteiger partial charge in [0, 0.05) is 39.5 Å².